The summed E-state index contributed by atoms with van der Waals surface area (Å²) < 4.78 is 0. The Balaban J connectivity index is 4.38. The van der Waals surface area contributed by atoms with Crippen LogP contribution in [0.25, 0.3) is 0 Å². The average Bonchev–Trinajstić information content (AvgIpc) is 1.85. The van der Waals surface area contributed by atoms with Crippen molar-refractivity contribution in [2.45, 2.75) is 37.6 Å². The SMILES string of the molecule is CCCC(N)C(O)(O)C(O)(O)O. The van der Waals surface area contributed by atoms with Crippen molar-refractivity contribution in [2.75, 3.05) is 0 Å². The van der Waals surface area contributed by atoms with Crippen LogP contribution < -0.4 is 5.73 Å². The van der Waals surface area contributed by atoms with Crippen molar-refractivity contribution in [3.63, 3.8) is 0 Å². The highest BCUT2D eigenvalue weighted by Crippen LogP contribution is 2.19. The Morgan fingerprint density at radius 1 is 1.17 bits per heavy atom. The first-order chi connectivity index (χ1) is 5.23. The van der Waals surface area contributed by atoms with E-state index in [9.17, 15) is 0 Å². The van der Waals surface area contributed by atoms with E-state index >= 15 is 0 Å². The van der Waals surface area contributed by atoms with E-state index in [1.165, 1.54) is 0 Å². The third-order valence-corrected chi connectivity index (χ3v) is 1.61. The van der Waals surface area contributed by atoms with Crippen LogP contribution in [-0.4, -0.2) is 43.3 Å². The van der Waals surface area contributed by atoms with Gasteiger partial charge in [0.25, 0.3) is 5.79 Å². The second-order valence-corrected chi connectivity index (χ2v) is 2.76. The molecule has 6 nitrogen and oxygen atoms in total. The molecule has 0 heterocycles. The van der Waals surface area contributed by atoms with Gasteiger partial charge in [-0.3, -0.25) is 0 Å². The zero-order valence-corrected chi connectivity index (χ0v) is 6.80. The monoisotopic (exact) mass is 181 g/mol. The predicted octanol–water partition coefficient (Wildman–Crippen LogP) is -2.57. The van der Waals surface area contributed by atoms with Gasteiger partial charge in [0.2, 0.25) is 0 Å². The van der Waals surface area contributed by atoms with Gasteiger partial charge in [0.15, 0.2) is 0 Å². The highest BCUT2D eigenvalue weighted by atomic mass is 16.7. The van der Waals surface area contributed by atoms with Crippen molar-refractivity contribution in [1.82, 2.24) is 0 Å². The van der Waals surface area contributed by atoms with Gasteiger partial charge >= 0.3 is 5.97 Å². The third-order valence-electron chi connectivity index (χ3n) is 1.61. The van der Waals surface area contributed by atoms with Crippen molar-refractivity contribution in [2.24, 2.45) is 5.73 Å². The number of aliphatic hydroxyl groups is 5. The summed E-state index contributed by atoms with van der Waals surface area (Å²) in [7, 11) is 0. The Labute approximate surface area is 69.9 Å². The van der Waals surface area contributed by atoms with Crippen LogP contribution in [0.4, 0.5) is 0 Å². The molecule has 0 bridgehead atoms. The fourth-order valence-electron chi connectivity index (χ4n) is 0.761. The molecule has 0 aliphatic carbocycles. The zero-order chi connectivity index (χ0) is 9.99. The molecule has 74 valence electrons. The first kappa shape index (κ1) is 11.8. The molecule has 0 rings (SSSR count). The fourth-order valence-corrected chi connectivity index (χ4v) is 0.761. The lowest BCUT2D eigenvalue weighted by atomic mass is 10.0. The molecule has 0 amide bonds. The lowest BCUT2D eigenvalue weighted by molar-refractivity contribution is -0.451. The van der Waals surface area contributed by atoms with Gasteiger partial charge < -0.3 is 31.3 Å². The van der Waals surface area contributed by atoms with Crippen LogP contribution in [0, 0.1) is 0 Å². The Morgan fingerprint density at radius 2 is 1.58 bits per heavy atom. The molecule has 0 aromatic carbocycles. The summed E-state index contributed by atoms with van der Waals surface area (Å²) in [5.74, 6) is -6.70. The van der Waals surface area contributed by atoms with Gasteiger partial charge in [0.1, 0.15) is 0 Å². The van der Waals surface area contributed by atoms with Gasteiger partial charge in [-0.1, -0.05) is 13.3 Å². The summed E-state index contributed by atoms with van der Waals surface area (Å²) in [6, 6.07) is -1.32. The summed E-state index contributed by atoms with van der Waals surface area (Å²) >= 11 is 0. The summed E-state index contributed by atoms with van der Waals surface area (Å²) in [4.78, 5) is 0. The van der Waals surface area contributed by atoms with Crippen molar-refractivity contribution >= 4 is 0 Å². The molecule has 0 aromatic rings. The summed E-state index contributed by atoms with van der Waals surface area (Å²) in [5, 5.41) is 43.3. The van der Waals surface area contributed by atoms with E-state index in [4.69, 9.17) is 31.3 Å². The third kappa shape index (κ3) is 2.37. The van der Waals surface area contributed by atoms with Crippen LogP contribution >= 0.6 is 0 Å². The van der Waals surface area contributed by atoms with Crippen molar-refractivity contribution in [3.05, 3.63) is 0 Å². The molecule has 0 aromatic heterocycles. The van der Waals surface area contributed by atoms with E-state index in [1.54, 1.807) is 6.92 Å². The van der Waals surface area contributed by atoms with E-state index in [2.05, 4.69) is 0 Å². The Hall–Kier alpha value is -0.240. The topological polar surface area (TPSA) is 127 Å². The van der Waals surface area contributed by atoms with E-state index in [-0.39, 0.29) is 6.42 Å². The maximum absolute atomic E-state index is 8.93. The van der Waals surface area contributed by atoms with Gasteiger partial charge in [0, 0.05) is 0 Å². The number of rotatable bonds is 4. The van der Waals surface area contributed by atoms with Gasteiger partial charge in [-0.05, 0) is 6.42 Å². The predicted molar refractivity (Wildman–Crippen MR) is 39.4 cm³/mol. The van der Waals surface area contributed by atoms with E-state index in [0.29, 0.717) is 6.42 Å². The number of hydrogen-bond acceptors (Lipinski definition) is 6. The standard InChI is InChI=1S/C6H15NO5/c1-2-3-4(7)5(8,9)6(10,11)12/h4,8-12H,2-3,7H2,1H3. The molecule has 0 fully saturated rings. The smallest absolute Gasteiger partial charge is 0.334 e. The second-order valence-electron chi connectivity index (χ2n) is 2.76. The Kier molecular flexibility index (Phi) is 3.58. The summed E-state index contributed by atoms with van der Waals surface area (Å²) in [5.41, 5.74) is 5.17. The maximum atomic E-state index is 8.93. The minimum Gasteiger partial charge on any atom is -0.358 e. The van der Waals surface area contributed by atoms with E-state index < -0.39 is 17.8 Å². The highest BCUT2D eigenvalue weighted by molar-refractivity contribution is 4.84. The molecule has 0 saturated carbocycles. The Bertz CT molecular complexity index is 141. The second kappa shape index (κ2) is 3.65. The molecule has 12 heavy (non-hydrogen) atoms. The van der Waals surface area contributed by atoms with Crippen LogP contribution in [-0.2, 0) is 0 Å². The van der Waals surface area contributed by atoms with Gasteiger partial charge in [-0.2, -0.15) is 0 Å². The molecule has 0 spiro atoms. The molecular weight excluding hydrogens is 166 g/mol. The van der Waals surface area contributed by atoms with Gasteiger partial charge in [-0.25, -0.2) is 0 Å². The fraction of sp³-hybridized carbons (Fsp3) is 1.00. The van der Waals surface area contributed by atoms with Gasteiger partial charge in [-0.15, -0.1) is 0 Å². The number of nitrogens with two attached hydrogens (primary N) is 1. The van der Waals surface area contributed by atoms with Crippen LogP contribution in [0.3, 0.4) is 0 Å². The maximum Gasteiger partial charge on any atom is 0.334 e. The van der Waals surface area contributed by atoms with Crippen molar-refractivity contribution < 1.29 is 25.5 Å². The highest BCUT2D eigenvalue weighted by Gasteiger charge is 2.50. The first-order valence-electron chi connectivity index (χ1n) is 3.61. The molecule has 0 radical (unpaired) electrons. The quantitative estimate of drug-likeness (QED) is 0.264. The molecule has 0 aliphatic rings. The average molecular weight is 181 g/mol. The summed E-state index contributed by atoms with van der Waals surface area (Å²) in [6.45, 7) is 1.73. The van der Waals surface area contributed by atoms with Crippen molar-refractivity contribution in [3.8, 4) is 0 Å². The summed E-state index contributed by atoms with van der Waals surface area (Å²) in [6.07, 6.45) is 0.677. The van der Waals surface area contributed by atoms with Crippen LogP contribution in [0.1, 0.15) is 19.8 Å². The minimum absolute atomic E-state index is 0.149. The molecule has 1 unspecified atom stereocenters. The van der Waals surface area contributed by atoms with Crippen LogP contribution in [0.5, 0.6) is 0 Å². The molecule has 6 heteroatoms. The lowest BCUT2D eigenvalue weighted by Crippen LogP contribution is -2.64. The first-order valence-corrected chi connectivity index (χ1v) is 3.61. The van der Waals surface area contributed by atoms with Crippen LogP contribution in [0.15, 0.2) is 0 Å². The largest absolute Gasteiger partial charge is 0.358 e. The van der Waals surface area contributed by atoms with E-state index in [1.807, 2.05) is 0 Å². The van der Waals surface area contributed by atoms with Crippen LogP contribution in [0.2, 0.25) is 0 Å². The number of hydrogen-bond donors (Lipinski definition) is 6. The molecule has 1 atom stereocenters. The normalized spacial score (nSPS) is 16.2. The lowest BCUT2D eigenvalue weighted by Gasteiger charge is -2.34. The van der Waals surface area contributed by atoms with E-state index in [0.717, 1.165) is 0 Å². The van der Waals surface area contributed by atoms with Gasteiger partial charge in [0.05, 0.1) is 6.04 Å². The van der Waals surface area contributed by atoms with Crippen molar-refractivity contribution in [1.29, 1.82) is 0 Å². The minimum atomic E-state index is -3.60. The molecule has 0 aliphatic heterocycles. The molecule has 7 N–H and O–H groups in total. The zero-order valence-electron chi connectivity index (χ0n) is 6.80. The molecular formula is C6H15NO5. The molecule has 0 saturated heterocycles. The Morgan fingerprint density at radius 3 is 1.83 bits per heavy atom.